The highest BCUT2D eigenvalue weighted by Gasteiger charge is 2.29. The normalized spacial score (nSPS) is 18.5. The largest absolute Gasteiger partial charge is 0.410 e. The van der Waals surface area contributed by atoms with E-state index < -0.39 is 23.4 Å². The molecule has 0 aromatic heterocycles. The van der Waals surface area contributed by atoms with Crippen LogP contribution in [0.25, 0.3) is 0 Å². The fourth-order valence-electron chi connectivity index (χ4n) is 1.77. The van der Waals surface area contributed by atoms with Crippen LogP contribution in [0, 0.1) is 5.92 Å². The Hall–Kier alpha value is -0.463. The quantitative estimate of drug-likeness (QED) is 0.534. The second kappa shape index (κ2) is 7.00. The summed E-state index contributed by atoms with van der Waals surface area (Å²) in [6, 6.07) is 0. The molecule has 4 nitrogen and oxygen atoms in total. The van der Waals surface area contributed by atoms with Crippen LogP contribution < -0.4 is 0 Å². The minimum Gasteiger partial charge on any atom is -0.410 e. The maximum absolute atomic E-state index is 11.6. The molecule has 0 spiro atoms. The fourth-order valence-corrected chi connectivity index (χ4v) is 3.39. The summed E-state index contributed by atoms with van der Waals surface area (Å²) in [6.07, 6.45) is 2.56. The van der Waals surface area contributed by atoms with Gasteiger partial charge >= 0.3 is 0 Å². The van der Waals surface area contributed by atoms with Gasteiger partial charge in [0.15, 0.2) is 18.2 Å². The van der Waals surface area contributed by atoms with Crippen molar-refractivity contribution < 1.29 is 17.6 Å². The zero-order valence-corrected chi connectivity index (χ0v) is 15.7. The Bertz CT molecular complexity index is 474. The summed E-state index contributed by atoms with van der Waals surface area (Å²) < 4.78 is 29.2. The molecular weight excluding hydrogens is 292 g/mol. The Balaban J connectivity index is 5.42. The molecule has 3 atom stereocenters. The van der Waals surface area contributed by atoms with Crippen LogP contribution in [0.15, 0.2) is 11.6 Å². The molecule has 0 rings (SSSR count). The number of rotatable bonds is 7. The van der Waals surface area contributed by atoms with Gasteiger partial charge < -0.3 is 4.43 Å². The van der Waals surface area contributed by atoms with Gasteiger partial charge in [0.2, 0.25) is 0 Å². The van der Waals surface area contributed by atoms with Crippen molar-refractivity contribution in [1.82, 2.24) is 0 Å². The zero-order valence-electron chi connectivity index (χ0n) is 13.9. The van der Waals surface area contributed by atoms with Crippen LogP contribution in [0.2, 0.25) is 19.6 Å². The van der Waals surface area contributed by atoms with Gasteiger partial charge in [-0.2, -0.15) is 0 Å². The molecule has 0 aliphatic rings. The molecular formula is C14H28O4SSi. The summed E-state index contributed by atoms with van der Waals surface area (Å²) >= 11 is 0. The van der Waals surface area contributed by atoms with Gasteiger partial charge in [0, 0.05) is 12.2 Å². The third kappa shape index (κ3) is 6.81. The molecule has 0 fully saturated rings. The summed E-state index contributed by atoms with van der Waals surface area (Å²) in [5.74, 6) is -0.224. The summed E-state index contributed by atoms with van der Waals surface area (Å²) in [5.41, 5.74) is 0.813. The number of ketones is 1. The molecule has 0 radical (unpaired) electrons. The minimum absolute atomic E-state index is 0.0491. The number of hydrogen-bond acceptors (Lipinski definition) is 4. The third-order valence-electron chi connectivity index (χ3n) is 3.20. The maximum atomic E-state index is 11.6. The molecule has 0 amide bonds. The highest BCUT2D eigenvalue weighted by molar-refractivity contribution is 7.91. The first-order valence-corrected chi connectivity index (χ1v) is 12.2. The highest BCUT2D eigenvalue weighted by atomic mass is 32.2. The van der Waals surface area contributed by atoms with E-state index in [-0.39, 0.29) is 17.8 Å². The van der Waals surface area contributed by atoms with Crippen molar-refractivity contribution in [2.75, 3.05) is 6.26 Å². The SMILES string of the molecule is CC(=O)[C@H](C)[C@H](O[Si](C)(C)C)/C(C)=C\[C@@H](C)S(C)(=O)=O. The van der Waals surface area contributed by atoms with Gasteiger partial charge in [-0.1, -0.05) is 13.0 Å². The Kier molecular flexibility index (Phi) is 6.84. The van der Waals surface area contributed by atoms with E-state index in [2.05, 4.69) is 19.6 Å². The first-order chi connectivity index (χ1) is 8.75. The monoisotopic (exact) mass is 320 g/mol. The van der Waals surface area contributed by atoms with Crippen LogP contribution in [-0.2, 0) is 19.1 Å². The van der Waals surface area contributed by atoms with E-state index in [9.17, 15) is 13.2 Å². The van der Waals surface area contributed by atoms with Crippen LogP contribution in [0.1, 0.15) is 27.7 Å². The first kappa shape index (κ1) is 19.5. The van der Waals surface area contributed by atoms with E-state index in [0.29, 0.717) is 0 Å². The lowest BCUT2D eigenvalue weighted by atomic mass is 9.94. The lowest BCUT2D eigenvalue weighted by Crippen LogP contribution is -2.38. The summed E-state index contributed by atoms with van der Waals surface area (Å²) in [6.45, 7) is 13.0. The molecule has 0 N–H and O–H groups in total. The molecule has 0 unspecified atom stereocenters. The Morgan fingerprint density at radius 1 is 1.15 bits per heavy atom. The average molecular weight is 321 g/mol. The van der Waals surface area contributed by atoms with Crippen molar-refractivity contribution in [2.24, 2.45) is 5.92 Å². The molecule has 118 valence electrons. The molecule has 0 bridgehead atoms. The van der Waals surface area contributed by atoms with Gasteiger partial charge in [-0.15, -0.1) is 0 Å². The Morgan fingerprint density at radius 3 is 1.90 bits per heavy atom. The van der Waals surface area contributed by atoms with E-state index >= 15 is 0 Å². The van der Waals surface area contributed by atoms with Gasteiger partial charge in [-0.05, 0) is 46.0 Å². The van der Waals surface area contributed by atoms with Crippen molar-refractivity contribution in [3.05, 3.63) is 11.6 Å². The maximum Gasteiger partial charge on any atom is 0.184 e. The van der Waals surface area contributed by atoms with Crippen molar-refractivity contribution >= 4 is 23.9 Å². The molecule has 0 heterocycles. The van der Waals surface area contributed by atoms with Gasteiger partial charge in [0.05, 0.1) is 11.4 Å². The van der Waals surface area contributed by atoms with Crippen LogP contribution in [0.4, 0.5) is 0 Å². The van der Waals surface area contributed by atoms with Crippen LogP contribution >= 0.6 is 0 Å². The molecule has 0 saturated carbocycles. The zero-order chi connectivity index (χ0) is 16.3. The lowest BCUT2D eigenvalue weighted by molar-refractivity contribution is -0.122. The molecule has 0 aromatic rings. The van der Waals surface area contributed by atoms with Crippen LogP contribution in [0.5, 0.6) is 0 Å². The van der Waals surface area contributed by atoms with Crippen LogP contribution in [-0.4, -0.2) is 40.1 Å². The number of sulfone groups is 1. The highest BCUT2D eigenvalue weighted by Crippen LogP contribution is 2.23. The second-order valence-electron chi connectivity index (χ2n) is 6.50. The summed E-state index contributed by atoms with van der Waals surface area (Å²) in [4.78, 5) is 11.6. The Morgan fingerprint density at radius 2 is 1.60 bits per heavy atom. The average Bonchev–Trinajstić information content (AvgIpc) is 2.21. The van der Waals surface area contributed by atoms with Gasteiger partial charge in [0.25, 0.3) is 0 Å². The summed E-state index contributed by atoms with van der Waals surface area (Å²) in [7, 11) is -4.96. The van der Waals surface area contributed by atoms with Crippen molar-refractivity contribution in [1.29, 1.82) is 0 Å². The second-order valence-corrected chi connectivity index (χ2v) is 13.4. The molecule has 6 heteroatoms. The summed E-state index contributed by atoms with van der Waals surface area (Å²) in [5, 5.41) is -0.575. The van der Waals surface area contributed by atoms with E-state index in [4.69, 9.17) is 4.43 Å². The van der Waals surface area contributed by atoms with Crippen molar-refractivity contribution in [3.63, 3.8) is 0 Å². The van der Waals surface area contributed by atoms with Crippen molar-refractivity contribution in [2.45, 2.75) is 58.7 Å². The van der Waals surface area contributed by atoms with Gasteiger partial charge in [-0.25, -0.2) is 8.42 Å². The van der Waals surface area contributed by atoms with Gasteiger partial charge in [-0.3, -0.25) is 4.79 Å². The van der Waals surface area contributed by atoms with Crippen molar-refractivity contribution in [3.8, 4) is 0 Å². The van der Waals surface area contributed by atoms with E-state index in [1.807, 2.05) is 13.8 Å². The number of carbonyl (C=O) groups is 1. The topological polar surface area (TPSA) is 60.4 Å². The first-order valence-electron chi connectivity index (χ1n) is 6.81. The third-order valence-corrected chi connectivity index (χ3v) is 5.65. The molecule has 20 heavy (non-hydrogen) atoms. The Labute approximate surface area is 124 Å². The smallest absolute Gasteiger partial charge is 0.184 e. The standard InChI is InChI=1S/C14H28O4SSi/c1-10(9-11(2)19(5,16)17)14(12(3)13(4)15)18-20(6,7)8/h9,11-12,14H,1-8H3/b10-9-/t11-,12+,14-/m1/s1. The number of Topliss-reactive ketones (excluding diaryl/α,β-unsaturated/α-hetero) is 1. The molecule has 0 aromatic carbocycles. The predicted molar refractivity (Wildman–Crippen MR) is 86.1 cm³/mol. The molecule has 0 aliphatic heterocycles. The van der Waals surface area contributed by atoms with E-state index in [1.54, 1.807) is 19.9 Å². The van der Waals surface area contributed by atoms with Crippen LogP contribution in [0.3, 0.4) is 0 Å². The lowest BCUT2D eigenvalue weighted by Gasteiger charge is -2.31. The van der Waals surface area contributed by atoms with Gasteiger partial charge in [0.1, 0.15) is 5.78 Å². The number of carbonyl (C=O) groups excluding carboxylic acids is 1. The molecule has 0 aliphatic carbocycles. The predicted octanol–water partition coefficient (Wildman–Crippen LogP) is 2.81. The fraction of sp³-hybridized carbons (Fsp3) is 0.786. The van der Waals surface area contributed by atoms with E-state index in [0.717, 1.165) is 5.57 Å². The minimum atomic E-state index is -3.13. The number of hydrogen-bond donors (Lipinski definition) is 0. The molecule has 0 saturated heterocycles. The van der Waals surface area contributed by atoms with E-state index in [1.165, 1.54) is 6.26 Å².